The number of carbonyl (C=O) groups is 4. The van der Waals surface area contributed by atoms with Gasteiger partial charge in [-0.1, -0.05) is 0 Å². The maximum atomic E-state index is 13.2. The molecule has 0 bridgehead atoms. The van der Waals surface area contributed by atoms with Gasteiger partial charge in [0, 0.05) is 39.0 Å². The van der Waals surface area contributed by atoms with E-state index in [-0.39, 0.29) is 42.7 Å². The van der Waals surface area contributed by atoms with Crippen molar-refractivity contribution in [1.82, 2.24) is 20.5 Å². The van der Waals surface area contributed by atoms with Gasteiger partial charge in [0.1, 0.15) is 23.2 Å². The smallest absolute Gasteiger partial charge is 0.260 e. The lowest BCUT2D eigenvalue weighted by Crippen LogP contribution is -2.52. The van der Waals surface area contributed by atoms with E-state index in [9.17, 15) is 19.2 Å². The number of methoxy groups -OCH3 is 1. The Bertz CT molecular complexity index is 973. The molecule has 34 heavy (non-hydrogen) atoms. The molecule has 0 aliphatic carbocycles. The number of nitrogens with one attached hydrogen (secondary N) is 2. The molecule has 0 radical (unpaired) electrons. The maximum Gasteiger partial charge on any atom is 0.260 e. The van der Waals surface area contributed by atoms with Crippen LogP contribution in [0.15, 0.2) is 6.07 Å². The largest absolute Gasteiger partial charge is 0.496 e. The molecule has 11 heteroatoms. The van der Waals surface area contributed by atoms with Crippen molar-refractivity contribution in [3.05, 3.63) is 17.3 Å². The second-order valence-corrected chi connectivity index (χ2v) is 9.34. The number of imide groups is 1. The Labute approximate surface area is 199 Å². The van der Waals surface area contributed by atoms with E-state index in [1.807, 2.05) is 25.7 Å². The third-order valence-electron chi connectivity index (χ3n) is 5.62. The molecule has 2 aliphatic rings. The van der Waals surface area contributed by atoms with Crippen LogP contribution >= 0.6 is 0 Å². The van der Waals surface area contributed by atoms with Gasteiger partial charge in [0.05, 0.1) is 31.6 Å². The van der Waals surface area contributed by atoms with Crippen LogP contribution in [0.3, 0.4) is 0 Å². The number of ether oxygens (including phenoxy) is 2. The topological polar surface area (TPSA) is 130 Å². The van der Waals surface area contributed by atoms with Crippen molar-refractivity contribution in [3.8, 4) is 5.75 Å². The van der Waals surface area contributed by atoms with Gasteiger partial charge in [-0.05, 0) is 27.2 Å². The Kier molecular flexibility index (Phi) is 7.75. The first kappa shape index (κ1) is 25.4. The van der Waals surface area contributed by atoms with Crippen LogP contribution < -0.4 is 20.3 Å². The highest BCUT2D eigenvalue weighted by Gasteiger charge is 2.41. The van der Waals surface area contributed by atoms with E-state index in [4.69, 9.17) is 14.5 Å². The molecule has 3 rings (SSSR count). The highest BCUT2D eigenvalue weighted by atomic mass is 16.5. The number of aromatic nitrogens is 1. The van der Waals surface area contributed by atoms with Gasteiger partial charge < -0.3 is 24.6 Å². The van der Waals surface area contributed by atoms with Gasteiger partial charge in [0.15, 0.2) is 0 Å². The summed E-state index contributed by atoms with van der Waals surface area (Å²) >= 11 is 0. The van der Waals surface area contributed by atoms with Crippen LogP contribution in [0.4, 0.5) is 5.82 Å². The first-order valence-corrected chi connectivity index (χ1v) is 11.4. The highest BCUT2D eigenvalue weighted by Crippen LogP contribution is 2.35. The van der Waals surface area contributed by atoms with Gasteiger partial charge >= 0.3 is 0 Å². The van der Waals surface area contributed by atoms with Gasteiger partial charge in [0.25, 0.3) is 5.91 Å². The first-order chi connectivity index (χ1) is 16.0. The number of amides is 4. The van der Waals surface area contributed by atoms with E-state index < -0.39 is 11.9 Å². The molecule has 4 amide bonds. The van der Waals surface area contributed by atoms with E-state index >= 15 is 0 Å². The number of nitrogens with zero attached hydrogens (tertiary/aromatic N) is 3. The Hall–Kier alpha value is -3.21. The van der Waals surface area contributed by atoms with Gasteiger partial charge in [0.2, 0.25) is 17.7 Å². The zero-order valence-corrected chi connectivity index (χ0v) is 20.4. The number of hydrogen-bond donors (Lipinski definition) is 2. The van der Waals surface area contributed by atoms with Crippen LogP contribution in [0.25, 0.3) is 0 Å². The van der Waals surface area contributed by atoms with E-state index in [1.165, 1.54) is 18.9 Å². The van der Waals surface area contributed by atoms with E-state index in [1.54, 1.807) is 6.07 Å². The van der Waals surface area contributed by atoms with Crippen LogP contribution in [-0.2, 0) is 25.7 Å². The summed E-state index contributed by atoms with van der Waals surface area (Å²) in [5.41, 5.74) is 0.523. The summed E-state index contributed by atoms with van der Waals surface area (Å²) in [6.07, 6.45) is 0.448. The minimum Gasteiger partial charge on any atom is -0.496 e. The Morgan fingerprint density at radius 3 is 2.65 bits per heavy atom. The molecule has 1 unspecified atom stereocenters. The van der Waals surface area contributed by atoms with E-state index in [2.05, 4.69) is 10.6 Å². The SMILES string of the molecule is COc1cc(N(CCNC(C)=O)CCOC(C)(C)C)nc2c1C(=O)N(C1CCC(=O)NC1=O)C2. The predicted octanol–water partition coefficient (Wildman–Crippen LogP) is 0.609. The van der Waals surface area contributed by atoms with E-state index in [0.717, 1.165) is 0 Å². The number of pyridine rings is 1. The molecule has 11 nitrogen and oxygen atoms in total. The lowest BCUT2D eigenvalue weighted by Gasteiger charge is -2.29. The molecule has 1 fully saturated rings. The fourth-order valence-corrected chi connectivity index (χ4v) is 4.00. The van der Waals surface area contributed by atoms with Crippen LogP contribution in [0.2, 0.25) is 0 Å². The minimum absolute atomic E-state index is 0.129. The van der Waals surface area contributed by atoms with E-state index in [0.29, 0.717) is 49.1 Å². The van der Waals surface area contributed by atoms with Crippen LogP contribution in [0, 0.1) is 0 Å². The molecule has 3 heterocycles. The standard InChI is InChI=1S/C23H33N5O6/c1-14(29)24-8-9-27(10-11-34-23(2,3)4)18-12-17(33-5)20-15(25-18)13-28(22(20)32)16-6-7-19(30)26-21(16)31/h12,16H,6-11,13H2,1-5H3,(H,24,29)(H,26,30,31). The summed E-state index contributed by atoms with van der Waals surface area (Å²) < 4.78 is 11.4. The third kappa shape index (κ3) is 6.02. The number of piperidine rings is 1. The quantitative estimate of drug-likeness (QED) is 0.497. The summed E-state index contributed by atoms with van der Waals surface area (Å²) in [6, 6.07) is 0.957. The van der Waals surface area contributed by atoms with Crippen molar-refractivity contribution in [3.63, 3.8) is 0 Å². The van der Waals surface area contributed by atoms with Crippen molar-refractivity contribution < 1.29 is 28.7 Å². The predicted molar refractivity (Wildman–Crippen MR) is 123 cm³/mol. The number of rotatable bonds is 9. The molecule has 1 atom stereocenters. The van der Waals surface area contributed by atoms with Crippen LogP contribution in [0.5, 0.6) is 5.75 Å². The number of carbonyl (C=O) groups excluding carboxylic acids is 4. The molecular weight excluding hydrogens is 442 g/mol. The van der Waals surface area contributed by atoms with Gasteiger partial charge in [-0.25, -0.2) is 4.98 Å². The maximum absolute atomic E-state index is 13.2. The molecule has 2 aliphatic heterocycles. The van der Waals surface area contributed by atoms with Crippen molar-refractivity contribution in [2.24, 2.45) is 0 Å². The van der Waals surface area contributed by atoms with Crippen molar-refractivity contribution in [1.29, 1.82) is 0 Å². The van der Waals surface area contributed by atoms with Crippen molar-refractivity contribution >= 4 is 29.4 Å². The Morgan fingerprint density at radius 2 is 2.03 bits per heavy atom. The summed E-state index contributed by atoms with van der Waals surface area (Å²) in [5, 5.41) is 5.08. The lowest BCUT2D eigenvalue weighted by molar-refractivity contribution is -0.137. The molecular formula is C23H33N5O6. The summed E-state index contributed by atoms with van der Waals surface area (Å²) in [4.78, 5) is 56.5. The normalized spacial score (nSPS) is 18.0. The van der Waals surface area contributed by atoms with Crippen LogP contribution in [0.1, 0.15) is 56.6 Å². The minimum atomic E-state index is -0.733. The monoisotopic (exact) mass is 475 g/mol. The fraction of sp³-hybridized carbons (Fsp3) is 0.609. The zero-order chi connectivity index (χ0) is 25.0. The Morgan fingerprint density at radius 1 is 1.29 bits per heavy atom. The van der Waals surface area contributed by atoms with Gasteiger partial charge in [-0.15, -0.1) is 0 Å². The first-order valence-electron chi connectivity index (χ1n) is 11.4. The summed E-state index contributed by atoms with van der Waals surface area (Å²) in [7, 11) is 1.48. The molecule has 186 valence electrons. The number of hydrogen-bond acceptors (Lipinski definition) is 8. The average Bonchev–Trinajstić information content (AvgIpc) is 3.07. The second-order valence-electron chi connectivity index (χ2n) is 9.34. The molecule has 0 aromatic carbocycles. The molecule has 0 spiro atoms. The lowest BCUT2D eigenvalue weighted by atomic mass is 10.0. The number of anilines is 1. The molecule has 1 aromatic heterocycles. The Balaban J connectivity index is 1.85. The highest BCUT2D eigenvalue weighted by molar-refractivity contribution is 6.06. The molecule has 1 saturated heterocycles. The number of fused-ring (bicyclic) bond motifs is 1. The molecule has 2 N–H and O–H groups in total. The van der Waals surface area contributed by atoms with Crippen molar-refractivity contribution in [2.45, 2.75) is 58.7 Å². The van der Waals surface area contributed by atoms with Crippen molar-refractivity contribution in [2.75, 3.05) is 38.3 Å². The van der Waals surface area contributed by atoms with Crippen LogP contribution in [-0.4, -0.2) is 78.5 Å². The van der Waals surface area contributed by atoms with Gasteiger partial charge in [-0.2, -0.15) is 0 Å². The molecule has 0 saturated carbocycles. The van der Waals surface area contributed by atoms with Gasteiger partial charge in [-0.3, -0.25) is 24.5 Å². The second kappa shape index (κ2) is 10.4. The zero-order valence-electron chi connectivity index (χ0n) is 20.4. The summed E-state index contributed by atoms with van der Waals surface area (Å²) in [6.45, 7) is 9.35. The average molecular weight is 476 g/mol. The third-order valence-corrected chi connectivity index (χ3v) is 5.62. The summed E-state index contributed by atoms with van der Waals surface area (Å²) in [5.74, 6) is -0.349. The fourth-order valence-electron chi connectivity index (χ4n) is 4.00. The molecule has 1 aromatic rings.